The molecule has 1 aliphatic heterocycles. The van der Waals surface area contributed by atoms with Crippen LogP contribution in [-0.4, -0.2) is 31.6 Å². The summed E-state index contributed by atoms with van der Waals surface area (Å²) in [5.41, 5.74) is 1.46. The van der Waals surface area contributed by atoms with Crippen molar-refractivity contribution < 1.29 is 0 Å². The lowest BCUT2D eigenvalue weighted by molar-refractivity contribution is 0.652. The Balaban J connectivity index is 2.57. The van der Waals surface area contributed by atoms with Gasteiger partial charge in [0.15, 0.2) is 0 Å². The summed E-state index contributed by atoms with van der Waals surface area (Å²) in [7, 11) is 7.22. The van der Waals surface area contributed by atoms with Crippen LogP contribution in [0, 0.1) is 0 Å². The van der Waals surface area contributed by atoms with Gasteiger partial charge < -0.3 is 4.90 Å². The van der Waals surface area contributed by atoms with Gasteiger partial charge in [0.2, 0.25) is 0 Å². The number of rotatable bonds is 1. The van der Waals surface area contributed by atoms with E-state index in [-0.39, 0.29) is 11.1 Å². The second-order valence-electron chi connectivity index (χ2n) is 5.40. The Morgan fingerprint density at radius 2 is 1.65 bits per heavy atom. The van der Waals surface area contributed by atoms with Crippen LogP contribution in [0.4, 0.5) is 5.69 Å². The highest BCUT2D eigenvalue weighted by atomic mass is 79.9. The molecule has 0 N–H and O–H groups in total. The fraction of sp³-hybridized carbons (Fsp3) is 0.500. The van der Waals surface area contributed by atoms with Gasteiger partial charge in [0.25, 0.3) is 0 Å². The molecule has 1 aromatic carbocycles. The molecule has 1 saturated heterocycles. The summed E-state index contributed by atoms with van der Waals surface area (Å²) in [6.45, 7) is 8.98. The van der Waals surface area contributed by atoms with Gasteiger partial charge in [-0.3, -0.25) is 0 Å². The van der Waals surface area contributed by atoms with Gasteiger partial charge in [0, 0.05) is 10.2 Å². The third-order valence-corrected chi connectivity index (χ3v) is 6.83. The number of hydrogen-bond donors (Lipinski definition) is 0. The number of halogens is 2. The fourth-order valence-electron chi connectivity index (χ4n) is 2.31. The molecule has 2 rings (SSSR count). The molecule has 0 unspecified atom stereocenters. The van der Waals surface area contributed by atoms with Crippen LogP contribution in [0.25, 0.3) is 0 Å². The normalized spacial score (nSPS) is 20.6. The summed E-state index contributed by atoms with van der Waals surface area (Å²) >= 11 is 9.69. The number of anilines is 1. The van der Waals surface area contributed by atoms with E-state index < -0.39 is 0 Å². The predicted octanol–water partition coefficient (Wildman–Crippen LogP) is 2.07. The third-order valence-electron chi connectivity index (χ3n) is 3.99. The Morgan fingerprint density at radius 3 is 2.06 bits per heavy atom. The summed E-state index contributed by atoms with van der Waals surface area (Å²) in [6.07, 6.45) is 0. The molecule has 5 heteroatoms. The van der Waals surface area contributed by atoms with Crippen molar-refractivity contribution in [2.24, 2.45) is 0 Å². The van der Waals surface area contributed by atoms with E-state index in [4.69, 9.17) is 11.6 Å². The summed E-state index contributed by atoms with van der Waals surface area (Å²) < 4.78 is 0.886. The first-order valence-electron chi connectivity index (χ1n) is 5.38. The highest BCUT2D eigenvalue weighted by Crippen LogP contribution is 2.53. The van der Waals surface area contributed by atoms with Gasteiger partial charge in [-0.15, -0.1) is 0 Å². The molecule has 17 heavy (non-hydrogen) atoms. The molecule has 0 bridgehead atoms. The maximum atomic E-state index is 6.18. The highest BCUT2D eigenvalue weighted by Gasteiger charge is 2.63. The van der Waals surface area contributed by atoms with Crippen LogP contribution in [0.15, 0.2) is 10.5 Å². The first kappa shape index (κ1) is 13.7. The monoisotopic (exact) mass is 341 g/mol. The molecule has 1 nitrogen and oxygen atoms in total. The molecule has 0 spiro atoms. The zero-order chi connectivity index (χ0) is 13.2. The molecule has 6 radical (unpaired) electrons. The molecule has 0 aromatic heterocycles. The van der Waals surface area contributed by atoms with Crippen molar-refractivity contribution in [3.8, 4) is 0 Å². The molecule has 1 fully saturated rings. The van der Waals surface area contributed by atoms with E-state index in [1.807, 2.05) is 0 Å². The van der Waals surface area contributed by atoms with Gasteiger partial charge in [0.05, 0.1) is 36.6 Å². The SMILES string of the molecule is CC1(C)N(c2cc([Si])c(Cl)c(Br)c2[Si])C1(C)C. The molecule has 0 saturated carbocycles. The minimum atomic E-state index is 0.153. The summed E-state index contributed by atoms with van der Waals surface area (Å²) in [4.78, 5) is 2.38. The first-order valence-corrected chi connectivity index (χ1v) is 7.55. The number of benzene rings is 1. The smallest absolute Gasteiger partial charge is 0.0758 e. The topological polar surface area (TPSA) is 3.01 Å². The van der Waals surface area contributed by atoms with Crippen LogP contribution in [0.1, 0.15) is 27.7 Å². The molecular formula is C12H13BrClNSi2. The van der Waals surface area contributed by atoms with E-state index >= 15 is 0 Å². The van der Waals surface area contributed by atoms with Crippen LogP contribution in [0.5, 0.6) is 0 Å². The first-order chi connectivity index (χ1) is 7.62. The Morgan fingerprint density at radius 1 is 1.18 bits per heavy atom. The average Bonchev–Trinajstić information content (AvgIpc) is 2.61. The van der Waals surface area contributed by atoms with E-state index in [1.54, 1.807) is 0 Å². The van der Waals surface area contributed by atoms with Gasteiger partial charge >= 0.3 is 0 Å². The largest absolute Gasteiger partial charge is 0.357 e. The summed E-state index contributed by atoms with van der Waals surface area (Å²) in [5, 5.41) is 2.58. The quantitative estimate of drug-likeness (QED) is 0.558. The minimum absolute atomic E-state index is 0.153. The standard InChI is InChI=1S/C12H13BrClNSi2/c1-11(2)12(3,4)15(11)6-5-7(16)9(14)8(13)10(6)17/h5H,1-4H3. The van der Waals surface area contributed by atoms with E-state index in [0.717, 1.165) is 20.5 Å². The molecule has 1 heterocycles. The van der Waals surface area contributed by atoms with E-state index in [9.17, 15) is 0 Å². The Labute approximate surface area is 123 Å². The van der Waals surface area contributed by atoms with Gasteiger partial charge in [-0.25, -0.2) is 0 Å². The molecule has 1 aromatic rings. The lowest BCUT2D eigenvalue weighted by Crippen LogP contribution is -2.23. The Kier molecular flexibility index (Phi) is 3.10. The minimum Gasteiger partial charge on any atom is -0.357 e. The van der Waals surface area contributed by atoms with E-state index in [1.165, 1.54) is 0 Å². The number of hydrogen-bond acceptors (Lipinski definition) is 1. The van der Waals surface area contributed by atoms with Crippen LogP contribution >= 0.6 is 27.5 Å². The molecule has 0 amide bonds. The molecule has 0 aliphatic carbocycles. The van der Waals surface area contributed by atoms with E-state index in [0.29, 0.717) is 5.02 Å². The lowest BCUT2D eigenvalue weighted by atomic mass is 10.0. The summed E-state index contributed by atoms with van der Waals surface area (Å²) in [6, 6.07) is 2.06. The zero-order valence-corrected chi connectivity index (χ0v) is 14.6. The van der Waals surface area contributed by atoms with Gasteiger partial charge in [-0.2, -0.15) is 0 Å². The zero-order valence-electron chi connectivity index (χ0n) is 10.3. The van der Waals surface area contributed by atoms with Crippen molar-refractivity contribution in [2.75, 3.05) is 4.90 Å². The molecule has 1 aliphatic rings. The highest BCUT2D eigenvalue weighted by molar-refractivity contribution is 9.10. The Hall–Kier alpha value is 0.224. The van der Waals surface area contributed by atoms with Gasteiger partial charge in [0.1, 0.15) is 0 Å². The molecule has 88 valence electrons. The van der Waals surface area contributed by atoms with Crippen molar-refractivity contribution in [2.45, 2.75) is 38.8 Å². The van der Waals surface area contributed by atoms with Crippen LogP contribution in [-0.2, 0) is 0 Å². The second kappa shape index (κ2) is 3.86. The Bertz CT molecular complexity index is 486. The fourth-order valence-corrected chi connectivity index (χ4v) is 3.71. The second-order valence-corrected chi connectivity index (χ2v) is 7.61. The van der Waals surface area contributed by atoms with E-state index in [2.05, 4.69) is 75.1 Å². The van der Waals surface area contributed by atoms with Gasteiger partial charge in [-0.1, -0.05) is 11.6 Å². The van der Waals surface area contributed by atoms with Crippen LogP contribution < -0.4 is 15.3 Å². The predicted molar refractivity (Wildman–Crippen MR) is 80.6 cm³/mol. The molecule has 0 atom stereocenters. The lowest BCUT2D eigenvalue weighted by Gasteiger charge is -2.17. The summed E-state index contributed by atoms with van der Waals surface area (Å²) in [5.74, 6) is 0. The van der Waals surface area contributed by atoms with Crippen molar-refractivity contribution >= 4 is 64.1 Å². The maximum Gasteiger partial charge on any atom is 0.0758 e. The van der Waals surface area contributed by atoms with Crippen LogP contribution in [0.2, 0.25) is 5.02 Å². The van der Waals surface area contributed by atoms with Crippen molar-refractivity contribution in [3.05, 3.63) is 15.6 Å². The maximum absolute atomic E-state index is 6.18. The van der Waals surface area contributed by atoms with Crippen molar-refractivity contribution in [1.82, 2.24) is 0 Å². The molecular weight excluding hydrogens is 330 g/mol. The van der Waals surface area contributed by atoms with Gasteiger partial charge in [-0.05, 0) is 60.1 Å². The van der Waals surface area contributed by atoms with Crippen LogP contribution in [0.3, 0.4) is 0 Å². The third kappa shape index (κ3) is 1.76. The van der Waals surface area contributed by atoms with Crippen molar-refractivity contribution in [3.63, 3.8) is 0 Å². The number of nitrogens with zero attached hydrogens (tertiary/aromatic N) is 1. The van der Waals surface area contributed by atoms with Crippen molar-refractivity contribution in [1.29, 1.82) is 0 Å². The average molecular weight is 343 g/mol.